The van der Waals surface area contributed by atoms with Crippen molar-refractivity contribution in [2.75, 3.05) is 6.54 Å². The molecule has 1 heterocycles. The van der Waals surface area contributed by atoms with Gasteiger partial charge in [-0.25, -0.2) is 4.98 Å². The van der Waals surface area contributed by atoms with E-state index in [1.165, 1.54) is 36.3 Å². The fourth-order valence-corrected chi connectivity index (χ4v) is 3.86. The minimum absolute atomic E-state index is 0.103. The third kappa shape index (κ3) is 3.31. The lowest BCUT2D eigenvalue weighted by molar-refractivity contribution is 0.384. The first-order chi connectivity index (χ1) is 8.50. The van der Waals surface area contributed by atoms with E-state index in [2.05, 4.69) is 31.1 Å². The van der Waals surface area contributed by atoms with Gasteiger partial charge in [0.05, 0.1) is 10.7 Å². The number of thiazole rings is 1. The van der Waals surface area contributed by atoms with Crippen molar-refractivity contribution in [3.8, 4) is 0 Å². The number of aromatic nitrogens is 1. The Labute approximate surface area is 114 Å². The first-order valence-electron chi connectivity index (χ1n) is 6.96. The molecule has 0 bridgehead atoms. The van der Waals surface area contributed by atoms with E-state index in [-0.39, 0.29) is 5.54 Å². The normalized spacial score (nSPS) is 20.2. The third-order valence-electron chi connectivity index (χ3n) is 4.01. The van der Waals surface area contributed by atoms with E-state index in [4.69, 9.17) is 5.73 Å². The van der Waals surface area contributed by atoms with Crippen LogP contribution in [0.2, 0.25) is 0 Å². The van der Waals surface area contributed by atoms with Crippen molar-refractivity contribution in [1.82, 2.24) is 10.3 Å². The molecule has 1 fully saturated rings. The van der Waals surface area contributed by atoms with Crippen LogP contribution < -0.4 is 11.1 Å². The predicted molar refractivity (Wildman–Crippen MR) is 78.0 cm³/mol. The predicted octanol–water partition coefficient (Wildman–Crippen LogP) is 3.07. The lowest BCUT2D eigenvalue weighted by Gasteiger charge is -2.24. The molecule has 3 N–H and O–H groups in total. The molecular formula is C14H25N3S. The molecule has 0 aliphatic heterocycles. The molecule has 1 unspecified atom stereocenters. The van der Waals surface area contributed by atoms with Crippen molar-refractivity contribution in [3.63, 3.8) is 0 Å². The first kappa shape index (κ1) is 14.0. The van der Waals surface area contributed by atoms with Crippen LogP contribution in [0.25, 0.3) is 0 Å². The van der Waals surface area contributed by atoms with Crippen molar-refractivity contribution in [2.24, 2.45) is 5.73 Å². The summed E-state index contributed by atoms with van der Waals surface area (Å²) in [6.45, 7) is 7.39. The average molecular weight is 267 g/mol. The van der Waals surface area contributed by atoms with Crippen molar-refractivity contribution in [1.29, 1.82) is 0 Å². The van der Waals surface area contributed by atoms with Gasteiger partial charge in [0.15, 0.2) is 0 Å². The number of aryl methyl sites for hydroxylation is 2. The van der Waals surface area contributed by atoms with E-state index < -0.39 is 0 Å². The Balaban J connectivity index is 1.81. The van der Waals surface area contributed by atoms with Gasteiger partial charge in [0.1, 0.15) is 0 Å². The fraction of sp³-hybridized carbons (Fsp3) is 0.786. The zero-order chi connectivity index (χ0) is 13.2. The van der Waals surface area contributed by atoms with Crippen LogP contribution in [-0.4, -0.2) is 17.1 Å². The summed E-state index contributed by atoms with van der Waals surface area (Å²) < 4.78 is 0. The third-order valence-corrected chi connectivity index (χ3v) is 5.26. The van der Waals surface area contributed by atoms with Crippen LogP contribution in [0, 0.1) is 13.8 Å². The highest BCUT2D eigenvalue weighted by Gasteiger charge is 2.28. The molecule has 0 saturated heterocycles. The standard InChI is InChI=1S/C14H25N3S/c1-10(13-11(2)17-12(3)18-13)16-9-8-14(15)6-4-5-7-14/h10,16H,4-9,15H2,1-3H3. The maximum atomic E-state index is 6.37. The van der Waals surface area contributed by atoms with Gasteiger partial charge < -0.3 is 11.1 Å². The second-order valence-electron chi connectivity index (χ2n) is 5.68. The number of nitrogens with zero attached hydrogens (tertiary/aromatic N) is 1. The minimum atomic E-state index is 0.103. The number of nitrogens with one attached hydrogen (secondary N) is 1. The lowest BCUT2D eigenvalue weighted by Crippen LogP contribution is -2.39. The van der Waals surface area contributed by atoms with Gasteiger partial charge in [-0.15, -0.1) is 11.3 Å². The molecule has 1 aromatic heterocycles. The SMILES string of the molecule is Cc1nc(C)c(C(C)NCCC2(N)CCCC2)s1. The zero-order valence-corrected chi connectivity index (χ0v) is 12.6. The molecule has 102 valence electrons. The Kier molecular flexibility index (Phi) is 4.41. The van der Waals surface area contributed by atoms with E-state index in [1.807, 2.05) is 0 Å². The molecule has 18 heavy (non-hydrogen) atoms. The van der Waals surface area contributed by atoms with Gasteiger partial charge in [-0.1, -0.05) is 12.8 Å². The minimum Gasteiger partial charge on any atom is -0.325 e. The van der Waals surface area contributed by atoms with Crippen molar-refractivity contribution in [3.05, 3.63) is 15.6 Å². The summed E-state index contributed by atoms with van der Waals surface area (Å²) in [4.78, 5) is 5.85. The number of hydrogen-bond acceptors (Lipinski definition) is 4. The van der Waals surface area contributed by atoms with Gasteiger partial charge in [0.25, 0.3) is 0 Å². The Bertz CT molecular complexity index is 394. The monoisotopic (exact) mass is 267 g/mol. The maximum absolute atomic E-state index is 6.37. The Hall–Kier alpha value is -0.450. The molecule has 1 aliphatic carbocycles. The van der Waals surface area contributed by atoms with E-state index >= 15 is 0 Å². The highest BCUT2D eigenvalue weighted by molar-refractivity contribution is 7.11. The molecule has 1 aliphatic rings. The Morgan fingerprint density at radius 2 is 2.06 bits per heavy atom. The van der Waals surface area contributed by atoms with Crippen LogP contribution in [0.1, 0.15) is 60.6 Å². The average Bonchev–Trinajstić information content (AvgIpc) is 2.85. The molecule has 0 spiro atoms. The molecule has 0 radical (unpaired) electrons. The smallest absolute Gasteiger partial charge is 0.0900 e. The van der Waals surface area contributed by atoms with E-state index in [0.29, 0.717) is 6.04 Å². The van der Waals surface area contributed by atoms with Crippen molar-refractivity contribution in [2.45, 2.75) is 64.5 Å². The topological polar surface area (TPSA) is 50.9 Å². The largest absolute Gasteiger partial charge is 0.325 e. The van der Waals surface area contributed by atoms with Gasteiger partial charge >= 0.3 is 0 Å². The molecular weight excluding hydrogens is 242 g/mol. The Morgan fingerprint density at radius 3 is 2.61 bits per heavy atom. The van der Waals surface area contributed by atoms with Crippen molar-refractivity contribution < 1.29 is 0 Å². The highest BCUT2D eigenvalue weighted by Crippen LogP contribution is 2.30. The molecule has 1 aromatic rings. The second-order valence-corrected chi connectivity index (χ2v) is 6.91. The van der Waals surface area contributed by atoms with Crippen LogP contribution in [0.5, 0.6) is 0 Å². The van der Waals surface area contributed by atoms with Gasteiger partial charge in [-0.2, -0.15) is 0 Å². The molecule has 4 heteroatoms. The van der Waals surface area contributed by atoms with Crippen LogP contribution in [0.15, 0.2) is 0 Å². The quantitative estimate of drug-likeness (QED) is 0.862. The summed E-state index contributed by atoms with van der Waals surface area (Å²) in [5.41, 5.74) is 7.64. The molecule has 3 nitrogen and oxygen atoms in total. The molecule has 1 atom stereocenters. The highest BCUT2D eigenvalue weighted by atomic mass is 32.1. The summed E-state index contributed by atoms with van der Waals surface area (Å²) in [6, 6.07) is 0.390. The Morgan fingerprint density at radius 1 is 1.39 bits per heavy atom. The van der Waals surface area contributed by atoms with E-state index in [1.54, 1.807) is 11.3 Å². The van der Waals surface area contributed by atoms with Crippen molar-refractivity contribution >= 4 is 11.3 Å². The summed E-state index contributed by atoms with van der Waals surface area (Å²) in [5, 5.41) is 4.75. The number of hydrogen-bond donors (Lipinski definition) is 2. The van der Waals surface area contributed by atoms with Gasteiger partial charge in [-0.3, -0.25) is 0 Å². The summed E-state index contributed by atoms with van der Waals surface area (Å²) in [5.74, 6) is 0. The van der Waals surface area contributed by atoms with Gasteiger partial charge in [-0.05, 0) is 46.6 Å². The number of nitrogens with two attached hydrogens (primary N) is 1. The molecule has 2 rings (SSSR count). The van der Waals surface area contributed by atoms with E-state index in [0.717, 1.165) is 18.0 Å². The van der Waals surface area contributed by atoms with Crippen LogP contribution in [0.3, 0.4) is 0 Å². The summed E-state index contributed by atoms with van der Waals surface area (Å²) in [6.07, 6.45) is 6.09. The lowest BCUT2D eigenvalue weighted by atomic mass is 9.95. The molecule has 0 amide bonds. The summed E-state index contributed by atoms with van der Waals surface area (Å²) in [7, 11) is 0. The second kappa shape index (κ2) is 5.68. The fourth-order valence-electron chi connectivity index (χ4n) is 2.91. The van der Waals surface area contributed by atoms with Gasteiger partial charge in [0, 0.05) is 16.5 Å². The van der Waals surface area contributed by atoms with E-state index in [9.17, 15) is 0 Å². The molecule has 1 saturated carbocycles. The maximum Gasteiger partial charge on any atom is 0.0900 e. The van der Waals surface area contributed by atoms with Crippen LogP contribution in [0.4, 0.5) is 0 Å². The molecule has 0 aromatic carbocycles. The summed E-state index contributed by atoms with van der Waals surface area (Å²) >= 11 is 1.80. The van der Waals surface area contributed by atoms with Gasteiger partial charge in [0.2, 0.25) is 0 Å². The first-order valence-corrected chi connectivity index (χ1v) is 7.78. The zero-order valence-electron chi connectivity index (χ0n) is 11.8. The number of rotatable bonds is 5. The van der Waals surface area contributed by atoms with Crippen LogP contribution >= 0.6 is 11.3 Å². The van der Waals surface area contributed by atoms with Crippen LogP contribution in [-0.2, 0) is 0 Å².